The second-order valence-electron chi connectivity index (χ2n) is 9.56. The first-order chi connectivity index (χ1) is 17.1. The molecule has 5 rings (SSSR count). The Bertz CT molecular complexity index is 1160. The average Bonchev–Trinajstić information content (AvgIpc) is 3.32. The van der Waals surface area contributed by atoms with Crippen molar-refractivity contribution in [3.05, 3.63) is 47.3 Å². The zero-order chi connectivity index (χ0) is 24.2. The predicted octanol–water partition coefficient (Wildman–Crippen LogP) is 4.27. The zero-order valence-electron chi connectivity index (χ0n) is 20.8. The molecular weight excluding hydrogens is 440 g/mol. The highest BCUT2D eigenvalue weighted by Gasteiger charge is 2.21. The van der Waals surface area contributed by atoms with E-state index >= 15 is 0 Å². The lowest BCUT2D eigenvalue weighted by Gasteiger charge is -2.28. The van der Waals surface area contributed by atoms with Crippen molar-refractivity contribution in [2.45, 2.75) is 65.1 Å². The molecule has 2 aliphatic rings. The third-order valence-corrected chi connectivity index (χ3v) is 7.24. The van der Waals surface area contributed by atoms with Gasteiger partial charge in [0.2, 0.25) is 0 Å². The van der Waals surface area contributed by atoms with Crippen LogP contribution in [-0.4, -0.2) is 53.0 Å². The van der Waals surface area contributed by atoms with Crippen LogP contribution in [0.1, 0.15) is 60.6 Å². The van der Waals surface area contributed by atoms with E-state index in [2.05, 4.69) is 39.7 Å². The van der Waals surface area contributed by atoms with Crippen LogP contribution in [0.2, 0.25) is 0 Å². The number of fused-ring (bicyclic) bond motifs is 1. The lowest BCUT2D eigenvalue weighted by molar-refractivity contribution is 0.0904. The molecule has 35 heavy (non-hydrogen) atoms. The van der Waals surface area contributed by atoms with Gasteiger partial charge in [0.15, 0.2) is 5.65 Å². The largest absolute Gasteiger partial charge is 0.381 e. The van der Waals surface area contributed by atoms with Gasteiger partial charge in [-0.3, -0.25) is 4.79 Å². The van der Waals surface area contributed by atoms with Crippen LogP contribution < -0.4 is 15.5 Å². The van der Waals surface area contributed by atoms with Gasteiger partial charge in [-0.15, -0.1) is 0 Å². The van der Waals surface area contributed by atoms with Crippen LogP contribution in [0.5, 0.6) is 0 Å². The molecule has 1 aromatic carbocycles. The molecule has 186 valence electrons. The van der Waals surface area contributed by atoms with Gasteiger partial charge in [-0.1, -0.05) is 0 Å². The number of benzene rings is 1. The molecule has 0 saturated carbocycles. The average molecular weight is 477 g/mol. The summed E-state index contributed by atoms with van der Waals surface area (Å²) in [6.45, 7) is 8.96. The SMILES string of the molecule is CCn1ncc2c(NC3CCOCC3)c(CNC(=O)c3ccc(N4CCCCC4)cc3)c(C)nc21. The number of carbonyl (C=O) groups excluding carboxylic acids is 1. The van der Waals surface area contributed by atoms with E-state index in [1.54, 1.807) is 0 Å². The van der Waals surface area contributed by atoms with Gasteiger partial charge in [0, 0.05) is 67.9 Å². The molecular formula is C27H36N6O2. The summed E-state index contributed by atoms with van der Waals surface area (Å²) < 4.78 is 7.47. The summed E-state index contributed by atoms with van der Waals surface area (Å²) in [6.07, 6.45) is 7.59. The Morgan fingerprint density at radius 2 is 1.86 bits per heavy atom. The van der Waals surface area contributed by atoms with E-state index in [-0.39, 0.29) is 5.91 Å². The van der Waals surface area contributed by atoms with Crippen molar-refractivity contribution < 1.29 is 9.53 Å². The molecule has 2 N–H and O–H groups in total. The molecule has 0 aliphatic carbocycles. The molecule has 0 bridgehead atoms. The molecule has 0 radical (unpaired) electrons. The number of rotatable bonds is 7. The number of nitrogens with one attached hydrogen (secondary N) is 2. The van der Waals surface area contributed by atoms with Crippen LogP contribution >= 0.6 is 0 Å². The first-order valence-corrected chi connectivity index (χ1v) is 13.0. The number of ether oxygens (including phenoxy) is 1. The van der Waals surface area contributed by atoms with Crippen molar-refractivity contribution >= 4 is 28.3 Å². The number of aromatic nitrogens is 3. The Hall–Kier alpha value is -3.13. The fraction of sp³-hybridized carbons (Fsp3) is 0.519. The van der Waals surface area contributed by atoms with Gasteiger partial charge >= 0.3 is 0 Å². The highest BCUT2D eigenvalue weighted by atomic mass is 16.5. The number of aryl methyl sites for hydroxylation is 2. The summed E-state index contributed by atoms with van der Waals surface area (Å²) in [6, 6.07) is 8.32. The van der Waals surface area contributed by atoms with Crippen LogP contribution in [0, 0.1) is 6.92 Å². The second-order valence-corrected chi connectivity index (χ2v) is 9.56. The summed E-state index contributed by atoms with van der Waals surface area (Å²) in [5.41, 5.74) is 5.70. The lowest BCUT2D eigenvalue weighted by Crippen LogP contribution is -2.30. The predicted molar refractivity (Wildman–Crippen MR) is 139 cm³/mol. The summed E-state index contributed by atoms with van der Waals surface area (Å²) in [4.78, 5) is 20.3. The van der Waals surface area contributed by atoms with Crippen LogP contribution in [0.25, 0.3) is 11.0 Å². The minimum absolute atomic E-state index is 0.0732. The van der Waals surface area contributed by atoms with E-state index in [0.29, 0.717) is 18.2 Å². The number of hydrogen-bond acceptors (Lipinski definition) is 6. The quantitative estimate of drug-likeness (QED) is 0.530. The van der Waals surface area contributed by atoms with Gasteiger partial charge in [-0.2, -0.15) is 5.10 Å². The minimum Gasteiger partial charge on any atom is -0.381 e. The van der Waals surface area contributed by atoms with Crippen LogP contribution in [0.4, 0.5) is 11.4 Å². The van der Waals surface area contributed by atoms with Gasteiger partial charge in [-0.05, 0) is 70.2 Å². The number of amides is 1. The molecule has 1 amide bonds. The van der Waals surface area contributed by atoms with Gasteiger partial charge in [0.05, 0.1) is 17.3 Å². The Labute approximate surface area is 207 Å². The Kier molecular flexibility index (Phi) is 7.18. The number of carbonyl (C=O) groups is 1. The normalized spacial score (nSPS) is 17.0. The molecule has 2 aliphatic heterocycles. The van der Waals surface area contributed by atoms with Crippen molar-refractivity contribution in [2.24, 2.45) is 0 Å². The topological polar surface area (TPSA) is 84.3 Å². The third kappa shape index (κ3) is 5.12. The van der Waals surface area contributed by atoms with E-state index in [1.165, 1.54) is 24.9 Å². The van der Waals surface area contributed by atoms with E-state index in [9.17, 15) is 4.79 Å². The van der Waals surface area contributed by atoms with Crippen molar-refractivity contribution in [2.75, 3.05) is 36.5 Å². The van der Waals surface area contributed by atoms with Crippen LogP contribution in [-0.2, 0) is 17.8 Å². The first kappa shape index (κ1) is 23.6. The van der Waals surface area contributed by atoms with E-state index in [4.69, 9.17) is 9.72 Å². The highest BCUT2D eigenvalue weighted by molar-refractivity contribution is 5.95. The van der Waals surface area contributed by atoms with E-state index in [0.717, 1.165) is 73.7 Å². The van der Waals surface area contributed by atoms with Crippen LogP contribution in [0.3, 0.4) is 0 Å². The van der Waals surface area contributed by atoms with Crippen molar-refractivity contribution in [3.63, 3.8) is 0 Å². The van der Waals surface area contributed by atoms with Gasteiger partial charge in [0.1, 0.15) is 0 Å². The number of nitrogens with zero attached hydrogens (tertiary/aromatic N) is 4. The molecule has 3 aromatic rings. The van der Waals surface area contributed by atoms with Gasteiger partial charge in [-0.25, -0.2) is 9.67 Å². The van der Waals surface area contributed by atoms with E-state index < -0.39 is 0 Å². The fourth-order valence-corrected chi connectivity index (χ4v) is 5.15. The Morgan fingerprint density at radius 1 is 1.11 bits per heavy atom. The Morgan fingerprint density at radius 3 is 2.57 bits per heavy atom. The molecule has 0 atom stereocenters. The molecule has 0 spiro atoms. The monoisotopic (exact) mass is 476 g/mol. The highest BCUT2D eigenvalue weighted by Crippen LogP contribution is 2.30. The number of piperidine rings is 1. The molecule has 2 aromatic heterocycles. The summed E-state index contributed by atoms with van der Waals surface area (Å²) >= 11 is 0. The molecule has 2 saturated heterocycles. The Balaban J connectivity index is 1.35. The molecule has 8 nitrogen and oxygen atoms in total. The maximum atomic E-state index is 13.0. The number of anilines is 2. The molecule has 4 heterocycles. The van der Waals surface area contributed by atoms with Gasteiger partial charge in [0.25, 0.3) is 5.91 Å². The second kappa shape index (κ2) is 10.6. The van der Waals surface area contributed by atoms with Crippen molar-refractivity contribution in [1.82, 2.24) is 20.1 Å². The lowest BCUT2D eigenvalue weighted by atomic mass is 10.0. The summed E-state index contributed by atoms with van der Waals surface area (Å²) in [5.74, 6) is -0.0732. The smallest absolute Gasteiger partial charge is 0.251 e. The molecule has 2 fully saturated rings. The maximum Gasteiger partial charge on any atom is 0.251 e. The molecule has 8 heteroatoms. The van der Waals surface area contributed by atoms with E-state index in [1.807, 2.05) is 29.9 Å². The van der Waals surface area contributed by atoms with Crippen LogP contribution in [0.15, 0.2) is 30.5 Å². The minimum atomic E-state index is -0.0732. The summed E-state index contributed by atoms with van der Waals surface area (Å²) in [7, 11) is 0. The van der Waals surface area contributed by atoms with Crippen molar-refractivity contribution in [3.8, 4) is 0 Å². The summed E-state index contributed by atoms with van der Waals surface area (Å²) in [5, 5.41) is 12.4. The number of hydrogen-bond donors (Lipinski definition) is 2. The standard InChI is InChI=1S/C27H36N6O2/c1-3-33-26-24(18-29-33)25(31-21-11-15-35-16-12-21)23(19(2)30-26)17-28-27(34)20-7-9-22(10-8-20)32-13-5-4-6-14-32/h7-10,18,21H,3-6,11-17H2,1-2H3,(H,28,34)(H,30,31). The fourth-order valence-electron chi connectivity index (χ4n) is 5.15. The molecule has 0 unspecified atom stereocenters. The zero-order valence-corrected chi connectivity index (χ0v) is 20.8. The maximum absolute atomic E-state index is 13.0. The van der Waals surface area contributed by atoms with Gasteiger partial charge < -0.3 is 20.3 Å². The van der Waals surface area contributed by atoms with Crippen molar-refractivity contribution in [1.29, 1.82) is 0 Å². The first-order valence-electron chi connectivity index (χ1n) is 13.0. The third-order valence-electron chi connectivity index (χ3n) is 7.24. The number of pyridine rings is 1.